The van der Waals surface area contributed by atoms with Gasteiger partial charge in [-0.15, -0.1) is 0 Å². The van der Waals surface area contributed by atoms with Gasteiger partial charge < -0.3 is 24.7 Å². The zero-order chi connectivity index (χ0) is 31.3. The number of nitrogens with one attached hydrogen (secondary N) is 2. The molecule has 0 spiro atoms. The van der Waals surface area contributed by atoms with Crippen molar-refractivity contribution in [3.8, 4) is 22.5 Å². The molecule has 3 N–H and O–H groups in total. The summed E-state index contributed by atoms with van der Waals surface area (Å²) >= 11 is 0. The summed E-state index contributed by atoms with van der Waals surface area (Å²) in [6.07, 6.45) is 7.78. The van der Waals surface area contributed by atoms with Gasteiger partial charge in [0.05, 0.1) is 41.8 Å². The fourth-order valence-corrected chi connectivity index (χ4v) is 5.33. The number of likely N-dealkylation sites (tertiary alicyclic amines) is 2. The minimum atomic E-state index is -0.706. The minimum Gasteiger partial charge on any atom is -0.481 e. The molecule has 3 unspecified atom stereocenters. The van der Waals surface area contributed by atoms with Crippen molar-refractivity contribution in [2.24, 2.45) is 5.92 Å². The molecule has 1 aromatic carbocycles. The average molecular weight is 593 g/mol. The highest BCUT2D eigenvalue weighted by molar-refractivity contribution is 5.74. The number of imidazole rings is 2. The van der Waals surface area contributed by atoms with Crippen molar-refractivity contribution in [1.82, 2.24) is 29.7 Å². The normalized spacial score (nSPS) is 19.1. The predicted molar refractivity (Wildman–Crippen MR) is 163 cm³/mol. The number of rotatable bonds is 6. The van der Waals surface area contributed by atoms with Crippen LogP contribution in [0.3, 0.4) is 0 Å². The predicted octanol–water partition coefficient (Wildman–Crippen LogP) is 6.34. The van der Waals surface area contributed by atoms with Crippen LogP contribution >= 0.6 is 0 Å². The molecule has 0 aliphatic carbocycles. The number of nitrogens with zero attached hydrogens (tertiary/aromatic N) is 4. The molecule has 0 saturated carbocycles. The number of aromatic nitrogens is 4. The molecule has 11 nitrogen and oxygen atoms in total. The van der Waals surface area contributed by atoms with Gasteiger partial charge in [0.15, 0.2) is 0 Å². The van der Waals surface area contributed by atoms with E-state index in [-0.39, 0.29) is 30.0 Å². The van der Waals surface area contributed by atoms with Gasteiger partial charge in [-0.2, -0.15) is 0 Å². The molecule has 43 heavy (non-hydrogen) atoms. The Morgan fingerprint density at radius 3 is 1.79 bits per heavy atom. The number of aromatic amines is 2. The highest BCUT2D eigenvalue weighted by Crippen LogP contribution is 2.34. The Bertz CT molecular complexity index is 1410. The standard InChI is InChI=1S/C27H34N6O3.C5H10O2/c1-17(34)32-13-5-7-22(32)24-28-15-20(30-24)18-9-11-19(12-10-18)21-16-29-25(31-21)23-8-6-14-33(23)26(35)36-27(2,3)4;1-3-4(2)5(6)7/h9-12,15-16,22-23H,5-8,13-14H2,1-4H3,(H,28,30)(H,29,31);4H,3H2,1-2H3,(H,6,7). The van der Waals surface area contributed by atoms with Crippen LogP contribution in [0.25, 0.3) is 22.5 Å². The molecule has 2 amide bonds. The Kier molecular flexibility index (Phi) is 9.93. The number of carboxylic acid groups (broad SMARTS) is 1. The van der Waals surface area contributed by atoms with E-state index in [1.54, 1.807) is 18.7 Å². The molecule has 11 heteroatoms. The summed E-state index contributed by atoms with van der Waals surface area (Å²) in [5.41, 5.74) is 3.34. The molecule has 4 heterocycles. The molecule has 0 radical (unpaired) electrons. The number of ether oxygens (including phenoxy) is 1. The van der Waals surface area contributed by atoms with E-state index in [9.17, 15) is 14.4 Å². The molecular weight excluding hydrogens is 548 g/mol. The number of H-pyrrole nitrogens is 2. The summed E-state index contributed by atoms with van der Waals surface area (Å²) in [7, 11) is 0. The second kappa shape index (κ2) is 13.4. The summed E-state index contributed by atoms with van der Waals surface area (Å²) in [5.74, 6) is 0.821. The number of amides is 2. The van der Waals surface area contributed by atoms with E-state index in [1.807, 2.05) is 69.3 Å². The van der Waals surface area contributed by atoms with Crippen LogP contribution in [0.4, 0.5) is 4.79 Å². The number of hydrogen-bond acceptors (Lipinski definition) is 6. The third kappa shape index (κ3) is 7.82. The molecule has 2 aromatic heterocycles. The van der Waals surface area contributed by atoms with Crippen molar-refractivity contribution in [3.63, 3.8) is 0 Å². The Morgan fingerprint density at radius 2 is 1.40 bits per heavy atom. The third-order valence-corrected chi connectivity index (χ3v) is 7.90. The topological polar surface area (TPSA) is 145 Å². The number of benzene rings is 1. The molecule has 2 fully saturated rings. The summed E-state index contributed by atoms with van der Waals surface area (Å²) in [6.45, 7) is 12.3. The Balaban J connectivity index is 0.000000541. The Morgan fingerprint density at radius 1 is 0.930 bits per heavy atom. The first-order chi connectivity index (χ1) is 20.4. The Labute approximate surface area is 253 Å². The zero-order valence-corrected chi connectivity index (χ0v) is 26.0. The molecule has 232 valence electrons. The fourth-order valence-electron chi connectivity index (χ4n) is 5.33. The largest absolute Gasteiger partial charge is 0.481 e. The summed E-state index contributed by atoms with van der Waals surface area (Å²) in [5, 5.41) is 8.18. The second-order valence-corrected chi connectivity index (χ2v) is 12.3. The number of hydrogen-bond donors (Lipinski definition) is 3. The van der Waals surface area contributed by atoms with Crippen molar-refractivity contribution in [1.29, 1.82) is 0 Å². The van der Waals surface area contributed by atoms with E-state index in [4.69, 9.17) is 9.84 Å². The van der Waals surface area contributed by atoms with Crippen molar-refractivity contribution in [2.75, 3.05) is 13.1 Å². The van der Waals surface area contributed by atoms with Gasteiger partial charge in [-0.25, -0.2) is 14.8 Å². The number of carbonyl (C=O) groups is 3. The summed E-state index contributed by atoms with van der Waals surface area (Å²) in [6, 6.07) is 8.10. The first-order valence-corrected chi connectivity index (χ1v) is 15.1. The Hall–Kier alpha value is -4.15. The second-order valence-electron chi connectivity index (χ2n) is 12.3. The van der Waals surface area contributed by atoms with E-state index < -0.39 is 11.6 Å². The minimum absolute atomic E-state index is 0.0229. The van der Waals surface area contributed by atoms with Crippen molar-refractivity contribution in [3.05, 3.63) is 48.3 Å². The van der Waals surface area contributed by atoms with Crippen LogP contribution in [0.5, 0.6) is 0 Å². The van der Waals surface area contributed by atoms with Gasteiger partial charge in [-0.1, -0.05) is 38.1 Å². The van der Waals surface area contributed by atoms with Crippen LogP contribution in [0.1, 0.15) is 97.4 Å². The van der Waals surface area contributed by atoms with E-state index >= 15 is 0 Å². The monoisotopic (exact) mass is 592 g/mol. The van der Waals surface area contributed by atoms with Crippen LogP contribution in [0.15, 0.2) is 36.7 Å². The van der Waals surface area contributed by atoms with E-state index in [2.05, 4.69) is 19.9 Å². The summed E-state index contributed by atoms with van der Waals surface area (Å²) < 4.78 is 5.59. The first-order valence-electron chi connectivity index (χ1n) is 15.1. The van der Waals surface area contributed by atoms with Gasteiger partial charge in [0, 0.05) is 20.0 Å². The van der Waals surface area contributed by atoms with Gasteiger partial charge in [0.1, 0.15) is 17.2 Å². The van der Waals surface area contributed by atoms with Crippen molar-refractivity contribution >= 4 is 18.0 Å². The lowest BCUT2D eigenvalue weighted by atomic mass is 10.1. The maximum absolute atomic E-state index is 12.7. The smallest absolute Gasteiger partial charge is 0.410 e. The first kappa shape index (κ1) is 31.8. The van der Waals surface area contributed by atoms with Crippen LogP contribution in [0.2, 0.25) is 0 Å². The number of aliphatic carboxylic acids is 1. The van der Waals surface area contributed by atoms with Gasteiger partial charge in [0.2, 0.25) is 5.91 Å². The van der Waals surface area contributed by atoms with Crippen LogP contribution in [-0.4, -0.2) is 71.5 Å². The van der Waals surface area contributed by atoms with Crippen LogP contribution < -0.4 is 0 Å². The molecule has 2 aliphatic rings. The van der Waals surface area contributed by atoms with Crippen LogP contribution in [0, 0.1) is 5.92 Å². The van der Waals surface area contributed by atoms with E-state index in [1.165, 1.54) is 0 Å². The number of carboxylic acids is 1. The highest BCUT2D eigenvalue weighted by Gasteiger charge is 2.35. The quantitative estimate of drug-likeness (QED) is 0.303. The fraction of sp³-hybridized carbons (Fsp3) is 0.531. The molecule has 5 rings (SSSR count). The van der Waals surface area contributed by atoms with Gasteiger partial charge in [-0.3, -0.25) is 14.5 Å². The van der Waals surface area contributed by atoms with Gasteiger partial charge >= 0.3 is 12.1 Å². The molecule has 0 bridgehead atoms. The van der Waals surface area contributed by atoms with E-state index in [0.717, 1.165) is 72.8 Å². The zero-order valence-electron chi connectivity index (χ0n) is 26.0. The van der Waals surface area contributed by atoms with Crippen molar-refractivity contribution < 1.29 is 24.2 Å². The molecule has 3 aromatic rings. The van der Waals surface area contributed by atoms with E-state index in [0.29, 0.717) is 6.54 Å². The lowest BCUT2D eigenvalue weighted by Gasteiger charge is -2.27. The lowest BCUT2D eigenvalue weighted by Crippen LogP contribution is -2.36. The molecule has 2 aliphatic heterocycles. The maximum Gasteiger partial charge on any atom is 0.410 e. The number of carbonyl (C=O) groups excluding carboxylic acids is 2. The molecular formula is C32H44N6O5. The molecule has 3 atom stereocenters. The lowest BCUT2D eigenvalue weighted by molar-refractivity contribution is -0.141. The van der Waals surface area contributed by atoms with Crippen molar-refractivity contribution in [2.45, 2.75) is 91.3 Å². The summed E-state index contributed by atoms with van der Waals surface area (Å²) in [4.78, 5) is 54.2. The maximum atomic E-state index is 12.7. The third-order valence-electron chi connectivity index (χ3n) is 7.90. The SMILES string of the molecule is CC(=O)N1CCCC1c1ncc(-c2ccc(-c3cnc(C4CCCN4C(=O)OC(C)(C)C)[nH]3)cc2)[nH]1.CCC(C)C(=O)O. The van der Waals surface area contributed by atoms with Gasteiger partial charge in [-0.05, 0) is 64.0 Å². The average Bonchev–Trinajstić information content (AvgIpc) is 3.77. The van der Waals surface area contributed by atoms with Crippen LogP contribution in [-0.2, 0) is 14.3 Å². The molecule has 2 saturated heterocycles. The van der Waals surface area contributed by atoms with Gasteiger partial charge in [0.25, 0.3) is 0 Å². The highest BCUT2D eigenvalue weighted by atomic mass is 16.6.